The van der Waals surface area contributed by atoms with E-state index in [0.29, 0.717) is 17.7 Å². The fraction of sp³-hybridized carbons (Fsp3) is 0.188. The summed E-state index contributed by atoms with van der Waals surface area (Å²) >= 11 is 6.51. The summed E-state index contributed by atoms with van der Waals surface area (Å²) in [5.74, 6) is 1.58. The summed E-state index contributed by atoms with van der Waals surface area (Å²) < 4.78 is 0. The second-order valence-electron chi connectivity index (χ2n) is 9.13. The van der Waals surface area contributed by atoms with Crippen LogP contribution in [0.15, 0.2) is 109 Å². The highest BCUT2D eigenvalue weighted by molar-refractivity contribution is 6.17. The number of hydrogen-bond acceptors (Lipinski definition) is 0. The number of hydrogen-bond donors (Lipinski definition) is 0. The predicted molar refractivity (Wildman–Crippen MR) is 140 cm³/mol. The van der Waals surface area contributed by atoms with Gasteiger partial charge < -0.3 is 0 Å². The zero-order valence-electron chi connectivity index (χ0n) is 18.8. The Morgan fingerprint density at radius 1 is 0.667 bits per heavy atom. The molecule has 1 atom stereocenters. The van der Waals surface area contributed by atoms with Gasteiger partial charge in [0.1, 0.15) is 0 Å². The van der Waals surface area contributed by atoms with E-state index in [0.717, 1.165) is 6.42 Å². The smallest absolute Gasteiger partial charge is 0.0314 e. The lowest BCUT2D eigenvalue weighted by Gasteiger charge is -2.32. The molecule has 0 bridgehead atoms. The Bertz CT molecular complexity index is 1270. The second-order valence-corrected chi connectivity index (χ2v) is 9.51. The van der Waals surface area contributed by atoms with E-state index in [4.69, 9.17) is 11.6 Å². The van der Waals surface area contributed by atoms with Gasteiger partial charge in [-0.05, 0) is 63.8 Å². The lowest BCUT2D eigenvalue weighted by atomic mass is 9.72. The van der Waals surface area contributed by atoms with Crippen LogP contribution in [-0.4, -0.2) is 5.88 Å². The highest BCUT2D eigenvalue weighted by Crippen LogP contribution is 2.56. The Morgan fingerprint density at radius 3 is 1.48 bits per heavy atom. The third-order valence-electron chi connectivity index (χ3n) is 7.63. The van der Waals surface area contributed by atoms with Gasteiger partial charge in [0.05, 0.1) is 0 Å². The standard InChI is InChI=1S/C32H27Cl/c1-2-21(31-26-15-7-3-11-22(26)23-12-4-8-16-27(23)31)30(19-20-33)32-28-17-9-5-13-24(28)25-14-6-10-18-29(25)32/h2-18,30-32H,19-20H2,1H3. The van der Waals surface area contributed by atoms with E-state index in [1.807, 2.05) is 0 Å². The van der Waals surface area contributed by atoms with Crippen LogP contribution < -0.4 is 0 Å². The predicted octanol–water partition coefficient (Wildman–Crippen LogP) is 8.80. The molecule has 0 nitrogen and oxygen atoms in total. The Kier molecular flexibility index (Phi) is 5.19. The molecule has 0 heterocycles. The minimum atomic E-state index is 0.274. The molecule has 0 fully saturated rings. The van der Waals surface area contributed by atoms with E-state index in [1.54, 1.807) is 0 Å². The van der Waals surface area contributed by atoms with Crippen LogP contribution in [-0.2, 0) is 0 Å². The molecule has 4 aromatic rings. The molecule has 6 rings (SSSR count). The minimum Gasteiger partial charge on any atom is -0.127 e. The van der Waals surface area contributed by atoms with Crippen molar-refractivity contribution < 1.29 is 0 Å². The van der Waals surface area contributed by atoms with Gasteiger partial charge in [0.25, 0.3) is 0 Å². The fourth-order valence-corrected chi connectivity index (χ4v) is 6.62. The summed E-state index contributed by atoms with van der Waals surface area (Å²) in [5, 5.41) is 0. The van der Waals surface area contributed by atoms with Crippen LogP contribution in [0.25, 0.3) is 22.3 Å². The molecule has 4 aromatic carbocycles. The molecule has 0 aromatic heterocycles. The molecule has 0 spiro atoms. The SMILES string of the molecule is CC=C(C1c2ccccc2-c2ccccc21)C(CCCl)C1c2ccccc2-c2ccccc21. The number of fused-ring (bicyclic) bond motifs is 6. The van der Waals surface area contributed by atoms with Crippen LogP contribution in [0.1, 0.15) is 47.4 Å². The molecule has 0 radical (unpaired) electrons. The molecule has 0 saturated heterocycles. The quantitative estimate of drug-likeness (QED) is 0.212. The van der Waals surface area contributed by atoms with Crippen molar-refractivity contribution in [2.75, 3.05) is 5.88 Å². The first-order chi connectivity index (χ1) is 16.3. The number of alkyl halides is 1. The van der Waals surface area contributed by atoms with Gasteiger partial charge in [-0.15, -0.1) is 11.6 Å². The van der Waals surface area contributed by atoms with Crippen molar-refractivity contribution >= 4 is 11.6 Å². The van der Waals surface area contributed by atoms with Crippen molar-refractivity contribution in [3.63, 3.8) is 0 Å². The first-order valence-corrected chi connectivity index (χ1v) is 12.5. The summed E-state index contributed by atoms with van der Waals surface area (Å²) in [6, 6.07) is 35.8. The highest BCUT2D eigenvalue weighted by atomic mass is 35.5. The Labute approximate surface area is 201 Å². The van der Waals surface area contributed by atoms with E-state index < -0.39 is 0 Å². The molecule has 0 N–H and O–H groups in total. The summed E-state index contributed by atoms with van der Waals surface area (Å²) in [5.41, 5.74) is 12.7. The Morgan fingerprint density at radius 2 is 1.06 bits per heavy atom. The molecule has 0 amide bonds. The maximum absolute atomic E-state index is 6.51. The van der Waals surface area contributed by atoms with Crippen LogP contribution in [0.4, 0.5) is 0 Å². The van der Waals surface area contributed by atoms with E-state index >= 15 is 0 Å². The lowest BCUT2D eigenvalue weighted by molar-refractivity contribution is 0.510. The average Bonchev–Trinajstić information content (AvgIpc) is 3.38. The summed E-state index contributed by atoms with van der Waals surface area (Å²) in [6.45, 7) is 2.22. The van der Waals surface area contributed by atoms with Crippen LogP contribution in [0.2, 0.25) is 0 Å². The molecule has 33 heavy (non-hydrogen) atoms. The maximum Gasteiger partial charge on any atom is 0.0314 e. The molecule has 0 saturated carbocycles. The van der Waals surface area contributed by atoms with Gasteiger partial charge in [-0.1, -0.05) is 109 Å². The summed E-state index contributed by atoms with van der Waals surface area (Å²) in [7, 11) is 0. The van der Waals surface area contributed by atoms with Crippen molar-refractivity contribution in [3.8, 4) is 22.3 Å². The van der Waals surface area contributed by atoms with Crippen molar-refractivity contribution in [2.24, 2.45) is 5.92 Å². The van der Waals surface area contributed by atoms with Gasteiger partial charge in [0.15, 0.2) is 0 Å². The monoisotopic (exact) mass is 446 g/mol. The van der Waals surface area contributed by atoms with E-state index in [9.17, 15) is 0 Å². The van der Waals surface area contributed by atoms with Crippen LogP contribution in [0.5, 0.6) is 0 Å². The average molecular weight is 447 g/mol. The van der Waals surface area contributed by atoms with Gasteiger partial charge in [0.2, 0.25) is 0 Å². The molecule has 1 unspecified atom stereocenters. The maximum atomic E-state index is 6.51. The van der Waals surface area contributed by atoms with Crippen molar-refractivity contribution in [1.82, 2.24) is 0 Å². The third kappa shape index (κ3) is 3.12. The Balaban J connectivity index is 1.54. The van der Waals surface area contributed by atoms with Crippen molar-refractivity contribution in [2.45, 2.75) is 25.2 Å². The zero-order valence-corrected chi connectivity index (χ0v) is 19.6. The number of benzene rings is 4. The topological polar surface area (TPSA) is 0 Å². The summed E-state index contributed by atoms with van der Waals surface area (Å²) in [6.07, 6.45) is 3.33. The number of rotatable bonds is 5. The van der Waals surface area contributed by atoms with Crippen molar-refractivity contribution in [1.29, 1.82) is 0 Å². The van der Waals surface area contributed by atoms with Crippen molar-refractivity contribution in [3.05, 3.63) is 131 Å². The molecule has 2 aliphatic carbocycles. The molecule has 1 heteroatoms. The highest BCUT2D eigenvalue weighted by Gasteiger charge is 2.40. The fourth-order valence-electron chi connectivity index (χ4n) is 6.38. The normalized spacial score (nSPS) is 15.6. The van der Waals surface area contributed by atoms with Crippen LogP contribution in [0.3, 0.4) is 0 Å². The third-order valence-corrected chi connectivity index (χ3v) is 7.85. The van der Waals surface area contributed by atoms with E-state index in [1.165, 1.54) is 50.1 Å². The molecule has 162 valence electrons. The van der Waals surface area contributed by atoms with Crippen LogP contribution >= 0.6 is 11.6 Å². The molecular weight excluding hydrogens is 420 g/mol. The Hall–Kier alpha value is -3.09. The van der Waals surface area contributed by atoms with Gasteiger partial charge in [0, 0.05) is 17.7 Å². The first kappa shape index (κ1) is 20.5. The summed E-state index contributed by atoms with van der Waals surface area (Å²) in [4.78, 5) is 0. The zero-order chi connectivity index (χ0) is 22.4. The second kappa shape index (κ2) is 8.36. The van der Waals surface area contributed by atoms with Crippen LogP contribution in [0, 0.1) is 5.92 Å². The largest absolute Gasteiger partial charge is 0.127 e. The van der Waals surface area contributed by atoms with Gasteiger partial charge >= 0.3 is 0 Å². The van der Waals surface area contributed by atoms with Gasteiger partial charge in [-0.3, -0.25) is 0 Å². The first-order valence-electron chi connectivity index (χ1n) is 11.9. The van der Waals surface area contributed by atoms with E-state index in [2.05, 4.69) is 110 Å². The lowest BCUT2D eigenvalue weighted by Crippen LogP contribution is -2.20. The molecular formula is C32H27Cl. The molecule has 2 aliphatic rings. The van der Waals surface area contributed by atoms with E-state index in [-0.39, 0.29) is 5.92 Å². The van der Waals surface area contributed by atoms with Gasteiger partial charge in [-0.2, -0.15) is 0 Å². The number of allylic oxidation sites excluding steroid dienone is 2. The minimum absolute atomic E-state index is 0.274. The van der Waals surface area contributed by atoms with Gasteiger partial charge in [-0.25, -0.2) is 0 Å². The number of halogens is 1. The molecule has 0 aliphatic heterocycles.